The van der Waals surface area contributed by atoms with E-state index in [2.05, 4.69) is 15.3 Å². The molecule has 2 fully saturated rings. The highest BCUT2D eigenvalue weighted by Crippen LogP contribution is 2.18. The predicted octanol–water partition coefficient (Wildman–Crippen LogP) is 6.85. The van der Waals surface area contributed by atoms with E-state index in [1.54, 1.807) is 12.3 Å². The van der Waals surface area contributed by atoms with Crippen molar-refractivity contribution in [2.75, 3.05) is 30.8 Å². The van der Waals surface area contributed by atoms with E-state index >= 15 is 0 Å². The first-order valence-electron chi connectivity index (χ1n) is 11.3. The Hall–Kier alpha value is -1.56. The maximum Gasteiger partial charge on any atom is 0.126 e. The summed E-state index contributed by atoms with van der Waals surface area (Å²) in [5, 5.41) is 4.73. The number of nitrogens with zero attached hydrogens (tertiary/aromatic N) is 2. The van der Waals surface area contributed by atoms with E-state index < -0.39 is 0 Å². The van der Waals surface area contributed by atoms with Crippen LogP contribution in [-0.4, -0.2) is 29.7 Å². The highest BCUT2D eigenvalue weighted by molar-refractivity contribution is 6.31. The summed E-state index contributed by atoms with van der Waals surface area (Å²) in [6.07, 6.45) is 12.8. The lowest BCUT2D eigenvalue weighted by Gasteiger charge is -2.22. The van der Waals surface area contributed by atoms with Crippen LogP contribution in [0, 0.1) is 19.8 Å². The molecule has 3 heterocycles. The van der Waals surface area contributed by atoms with Gasteiger partial charge in [0.15, 0.2) is 0 Å². The molecule has 0 atom stereocenters. The normalized spacial score (nSPS) is 16.4. The first-order chi connectivity index (χ1) is 15.0. The lowest BCUT2D eigenvalue weighted by molar-refractivity contribution is 0.0699. The van der Waals surface area contributed by atoms with Crippen LogP contribution in [0.5, 0.6) is 0 Å². The van der Waals surface area contributed by atoms with Gasteiger partial charge in [0.25, 0.3) is 0 Å². The molecule has 3 N–H and O–H groups in total. The molecule has 1 saturated heterocycles. The minimum absolute atomic E-state index is 0.511. The Labute approximate surface area is 197 Å². The number of hydrogen-bond donors (Lipinski definition) is 2. The number of rotatable bonds is 3. The zero-order valence-electron chi connectivity index (χ0n) is 18.8. The van der Waals surface area contributed by atoms with Crippen LogP contribution in [0.25, 0.3) is 0 Å². The van der Waals surface area contributed by atoms with E-state index in [1.165, 1.54) is 38.5 Å². The smallest absolute Gasteiger partial charge is 0.126 e. The Kier molecular flexibility index (Phi) is 12.0. The van der Waals surface area contributed by atoms with E-state index in [1.807, 2.05) is 26.0 Å². The van der Waals surface area contributed by atoms with Gasteiger partial charge in [-0.1, -0.05) is 61.7 Å². The maximum atomic E-state index is 5.92. The van der Waals surface area contributed by atoms with Crippen LogP contribution in [0.1, 0.15) is 62.6 Å². The summed E-state index contributed by atoms with van der Waals surface area (Å²) in [7, 11) is 0. The third-order valence-corrected chi connectivity index (χ3v) is 6.30. The van der Waals surface area contributed by atoms with Crippen LogP contribution < -0.4 is 11.1 Å². The highest BCUT2D eigenvalue weighted by Gasteiger charge is 2.13. The number of ether oxygens (including phenoxy) is 1. The van der Waals surface area contributed by atoms with Crippen LogP contribution >= 0.6 is 23.2 Å². The van der Waals surface area contributed by atoms with Gasteiger partial charge in [-0.25, -0.2) is 9.97 Å². The second-order valence-electron chi connectivity index (χ2n) is 8.18. The summed E-state index contributed by atoms with van der Waals surface area (Å²) in [5.41, 5.74) is 7.19. The minimum Gasteiger partial charge on any atom is -0.384 e. The number of pyridine rings is 2. The molecular formula is C24H36Cl2N4O. The molecule has 0 spiro atoms. The van der Waals surface area contributed by atoms with Gasteiger partial charge in [0.2, 0.25) is 0 Å². The molecule has 31 heavy (non-hydrogen) atoms. The van der Waals surface area contributed by atoms with Crippen LogP contribution in [0.4, 0.5) is 11.6 Å². The molecule has 1 aliphatic carbocycles. The van der Waals surface area contributed by atoms with Crippen molar-refractivity contribution >= 4 is 34.8 Å². The van der Waals surface area contributed by atoms with Gasteiger partial charge >= 0.3 is 0 Å². The van der Waals surface area contributed by atoms with Gasteiger partial charge < -0.3 is 15.8 Å². The fraction of sp³-hybridized carbons (Fsp3) is 0.583. The molecule has 0 bridgehead atoms. The molecule has 2 aromatic rings. The fourth-order valence-electron chi connectivity index (χ4n) is 3.46. The standard InChI is InChI=1S/C12H17ClN2O.C6H7ClN2.C6H12/c1-9-11(13)2-3-12(15-9)14-8-10-4-6-16-7-5-10;1-4-2-6(8)9-3-5(4)7;1-2-4-6-5-3-1/h2-3,10H,4-8H2,1H3,(H,14,15);2-3H,1H3,(H2,8,9);1-6H2. The van der Waals surface area contributed by atoms with Crippen LogP contribution in [-0.2, 0) is 4.74 Å². The highest BCUT2D eigenvalue weighted by atomic mass is 35.5. The van der Waals surface area contributed by atoms with Crippen molar-refractivity contribution in [1.82, 2.24) is 9.97 Å². The van der Waals surface area contributed by atoms with Gasteiger partial charge in [0, 0.05) is 26.0 Å². The molecule has 1 saturated carbocycles. The van der Waals surface area contributed by atoms with Crippen molar-refractivity contribution in [2.24, 2.45) is 5.92 Å². The average molecular weight is 467 g/mol. The van der Waals surface area contributed by atoms with E-state index in [9.17, 15) is 0 Å². The van der Waals surface area contributed by atoms with Gasteiger partial charge in [-0.05, 0) is 56.4 Å². The topological polar surface area (TPSA) is 73.1 Å². The van der Waals surface area contributed by atoms with Gasteiger partial charge in [-0.15, -0.1) is 0 Å². The Morgan fingerprint density at radius 1 is 1.00 bits per heavy atom. The molecule has 5 nitrogen and oxygen atoms in total. The van der Waals surface area contributed by atoms with Gasteiger partial charge in [-0.2, -0.15) is 0 Å². The third kappa shape index (κ3) is 10.5. The number of nitrogens with two attached hydrogens (primary N) is 1. The second-order valence-corrected chi connectivity index (χ2v) is 8.99. The molecule has 0 unspecified atom stereocenters. The summed E-state index contributed by atoms with van der Waals surface area (Å²) in [4.78, 5) is 8.17. The van der Waals surface area contributed by atoms with E-state index in [-0.39, 0.29) is 0 Å². The summed E-state index contributed by atoms with van der Waals surface area (Å²) in [6.45, 7) is 6.55. The first-order valence-corrected chi connectivity index (χ1v) is 12.0. The van der Waals surface area contributed by atoms with Crippen molar-refractivity contribution in [2.45, 2.75) is 65.2 Å². The zero-order chi connectivity index (χ0) is 22.5. The Morgan fingerprint density at radius 3 is 2.13 bits per heavy atom. The molecule has 172 valence electrons. The molecule has 1 aliphatic heterocycles. The first kappa shape index (κ1) is 25.7. The fourth-order valence-corrected chi connectivity index (χ4v) is 3.67. The Morgan fingerprint density at radius 2 is 1.61 bits per heavy atom. The third-order valence-electron chi connectivity index (χ3n) is 5.50. The summed E-state index contributed by atoms with van der Waals surface area (Å²) >= 11 is 11.6. The van der Waals surface area contributed by atoms with E-state index in [0.29, 0.717) is 16.8 Å². The van der Waals surface area contributed by atoms with Crippen LogP contribution in [0.15, 0.2) is 24.4 Å². The van der Waals surface area contributed by atoms with Crippen molar-refractivity contribution in [3.63, 3.8) is 0 Å². The average Bonchev–Trinajstić information content (AvgIpc) is 2.80. The number of nitrogens with one attached hydrogen (secondary N) is 1. The van der Waals surface area contributed by atoms with Crippen LogP contribution in [0.2, 0.25) is 10.0 Å². The summed E-state index contributed by atoms with van der Waals surface area (Å²) in [6, 6.07) is 5.55. The number of aromatic nitrogens is 2. The number of nitrogen functional groups attached to an aromatic ring is 1. The molecule has 7 heteroatoms. The second kappa shape index (κ2) is 14.5. The van der Waals surface area contributed by atoms with E-state index in [4.69, 9.17) is 33.7 Å². The van der Waals surface area contributed by atoms with Crippen molar-refractivity contribution in [1.29, 1.82) is 0 Å². The van der Waals surface area contributed by atoms with Crippen molar-refractivity contribution < 1.29 is 4.74 Å². The summed E-state index contributed by atoms with van der Waals surface area (Å²) in [5.74, 6) is 2.12. The Balaban J connectivity index is 0.000000190. The maximum absolute atomic E-state index is 5.92. The number of aryl methyl sites for hydroxylation is 2. The van der Waals surface area contributed by atoms with E-state index in [0.717, 1.165) is 54.7 Å². The molecule has 4 rings (SSSR count). The zero-order valence-corrected chi connectivity index (χ0v) is 20.3. The van der Waals surface area contributed by atoms with Crippen LogP contribution in [0.3, 0.4) is 0 Å². The minimum atomic E-state index is 0.511. The number of hydrogen-bond acceptors (Lipinski definition) is 5. The summed E-state index contributed by atoms with van der Waals surface area (Å²) < 4.78 is 5.33. The monoisotopic (exact) mass is 466 g/mol. The predicted molar refractivity (Wildman–Crippen MR) is 132 cm³/mol. The molecule has 2 aliphatic rings. The van der Waals surface area contributed by atoms with Crippen molar-refractivity contribution in [3.8, 4) is 0 Å². The number of anilines is 2. The SMILES string of the molecule is C1CCCCC1.Cc1cc(N)ncc1Cl.Cc1nc(NCC2CCOCC2)ccc1Cl. The van der Waals surface area contributed by atoms with Gasteiger partial charge in [0.05, 0.1) is 15.7 Å². The van der Waals surface area contributed by atoms with Crippen molar-refractivity contribution in [3.05, 3.63) is 45.7 Å². The molecule has 0 aromatic carbocycles. The largest absolute Gasteiger partial charge is 0.384 e. The van der Waals surface area contributed by atoms with Gasteiger partial charge in [0.1, 0.15) is 11.6 Å². The molecule has 2 aromatic heterocycles. The molecule has 0 radical (unpaired) electrons. The lowest BCUT2D eigenvalue weighted by Crippen LogP contribution is -2.22. The molecule has 0 amide bonds. The Bertz CT molecular complexity index is 767. The molecular weight excluding hydrogens is 431 g/mol. The quantitative estimate of drug-likeness (QED) is 0.517. The lowest BCUT2D eigenvalue weighted by atomic mass is 10.0. The van der Waals surface area contributed by atoms with Gasteiger partial charge in [-0.3, -0.25) is 0 Å². The number of halogens is 2.